The third-order valence-electron chi connectivity index (χ3n) is 3.36. The van der Waals surface area contributed by atoms with Gasteiger partial charge in [0.1, 0.15) is 11.6 Å². The quantitative estimate of drug-likeness (QED) is 0.378. The summed E-state index contributed by atoms with van der Waals surface area (Å²) in [5.41, 5.74) is -0.616. The van der Waals surface area contributed by atoms with Crippen molar-refractivity contribution in [1.29, 1.82) is 0 Å². The van der Waals surface area contributed by atoms with E-state index in [1.165, 1.54) is 30.3 Å². The minimum atomic E-state index is -0.710. The number of anilines is 2. The topological polar surface area (TPSA) is 147 Å². The van der Waals surface area contributed by atoms with Crippen molar-refractivity contribution in [3.63, 3.8) is 0 Å². The first-order valence-electron chi connectivity index (χ1n) is 6.75. The fourth-order valence-electron chi connectivity index (χ4n) is 2.38. The van der Waals surface area contributed by atoms with E-state index in [4.69, 9.17) is 0 Å². The molecule has 0 aliphatic carbocycles. The molecule has 3 N–H and O–H groups in total. The molecule has 1 heterocycles. The molecule has 0 unspecified atom stereocenters. The highest BCUT2D eigenvalue weighted by molar-refractivity contribution is 5.98. The number of nitro benzene ring substituents is 2. The molecule has 0 aliphatic heterocycles. The molecule has 10 nitrogen and oxygen atoms in total. The third-order valence-corrected chi connectivity index (χ3v) is 3.36. The molecular formula is C14H11N5O5. The second-order valence-corrected chi connectivity index (χ2v) is 5.02. The minimum absolute atomic E-state index is 0.00271. The van der Waals surface area contributed by atoms with Crippen LogP contribution < -0.4 is 5.32 Å². The van der Waals surface area contributed by atoms with Gasteiger partial charge in [0.15, 0.2) is 11.2 Å². The molecule has 3 aromatic rings. The second kappa shape index (κ2) is 5.50. The lowest BCUT2D eigenvalue weighted by atomic mass is 10.2. The summed E-state index contributed by atoms with van der Waals surface area (Å²) < 4.78 is 0. The Morgan fingerprint density at radius 2 is 1.83 bits per heavy atom. The van der Waals surface area contributed by atoms with Crippen molar-refractivity contribution in [1.82, 2.24) is 9.97 Å². The Kier molecular flexibility index (Phi) is 3.49. The SMILES string of the molecule is Cc1nc2c([N+](=O)[O-])c(Nc3ccc(O)cc3)c([N+](=O)[O-])cc2[nH]1. The highest BCUT2D eigenvalue weighted by Gasteiger charge is 2.31. The number of phenolic OH excluding ortho intramolecular Hbond substituents is 1. The summed E-state index contributed by atoms with van der Waals surface area (Å²) in [6.07, 6.45) is 0. The van der Waals surface area contributed by atoms with E-state index in [1.54, 1.807) is 6.92 Å². The molecule has 24 heavy (non-hydrogen) atoms. The smallest absolute Gasteiger partial charge is 0.327 e. The standard InChI is InChI=1S/C14H11N5O5/c1-7-15-10-6-11(18(21)22)13(14(19(23)24)12(10)16-7)17-8-2-4-9(20)5-3-8/h2-6,17,20H,1H3,(H,15,16). The number of nitro groups is 2. The number of H-pyrrole nitrogens is 1. The Morgan fingerprint density at radius 1 is 1.17 bits per heavy atom. The molecule has 0 bridgehead atoms. The van der Waals surface area contributed by atoms with E-state index < -0.39 is 21.2 Å². The van der Waals surface area contributed by atoms with Crippen molar-refractivity contribution in [2.24, 2.45) is 0 Å². The summed E-state index contributed by atoms with van der Waals surface area (Å²) in [5.74, 6) is 0.409. The number of hydrogen-bond donors (Lipinski definition) is 3. The van der Waals surface area contributed by atoms with E-state index in [-0.39, 0.29) is 22.5 Å². The molecule has 0 radical (unpaired) electrons. The fourth-order valence-corrected chi connectivity index (χ4v) is 2.38. The van der Waals surface area contributed by atoms with Crippen molar-refractivity contribution in [3.05, 3.63) is 56.4 Å². The maximum absolute atomic E-state index is 11.5. The molecule has 2 aromatic carbocycles. The number of aromatic nitrogens is 2. The molecule has 122 valence electrons. The van der Waals surface area contributed by atoms with Gasteiger partial charge in [-0.15, -0.1) is 0 Å². The largest absolute Gasteiger partial charge is 0.508 e. The lowest BCUT2D eigenvalue weighted by molar-refractivity contribution is -0.391. The van der Waals surface area contributed by atoms with E-state index in [1.807, 2.05) is 0 Å². The number of nitrogens with zero attached hydrogens (tertiary/aromatic N) is 3. The number of nitrogens with one attached hydrogen (secondary N) is 2. The zero-order valence-corrected chi connectivity index (χ0v) is 12.3. The summed E-state index contributed by atoms with van der Waals surface area (Å²) in [6, 6.07) is 6.81. The molecule has 0 amide bonds. The summed E-state index contributed by atoms with van der Waals surface area (Å²) >= 11 is 0. The van der Waals surface area contributed by atoms with Crippen LogP contribution in [-0.4, -0.2) is 24.9 Å². The molecule has 0 fully saturated rings. The highest BCUT2D eigenvalue weighted by Crippen LogP contribution is 2.41. The van der Waals surface area contributed by atoms with Gasteiger partial charge in [0.05, 0.1) is 15.4 Å². The van der Waals surface area contributed by atoms with Crippen LogP contribution in [0.5, 0.6) is 5.75 Å². The summed E-state index contributed by atoms with van der Waals surface area (Å²) in [5, 5.41) is 34.9. The summed E-state index contributed by atoms with van der Waals surface area (Å²) in [4.78, 5) is 28.3. The van der Waals surface area contributed by atoms with Crippen LogP contribution in [0.1, 0.15) is 5.82 Å². The molecule has 0 spiro atoms. The van der Waals surface area contributed by atoms with E-state index in [9.17, 15) is 25.3 Å². The van der Waals surface area contributed by atoms with E-state index in [2.05, 4.69) is 15.3 Å². The average Bonchev–Trinajstić information content (AvgIpc) is 2.87. The van der Waals surface area contributed by atoms with Gasteiger partial charge in [-0.1, -0.05) is 0 Å². The van der Waals surface area contributed by atoms with E-state index in [0.29, 0.717) is 11.5 Å². The normalized spacial score (nSPS) is 10.7. The van der Waals surface area contributed by atoms with Crippen molar-refractivity contribution < 1.29 is 15.0 Å². The lowest BCUT2D eigenvalue weighted by Crippen LogP contribution is -2.02. The first-order chi connectivity index (χ1) is 11.4. The van der Waals surface area contributed by atoms with Crippen molar-refractivity contribution in [2.45, 2.75) is 6.92 Å². The number of aromatic amines is 1. The van der Waals surface area contributed by atoms with Gasteiger partial charge in [-0.2, -0.15) is 0 Å². The lowest BCUT2D eigenvalue weighted by Gasteiger charge is -2.08. The van der Waals surface area contributed by atoms with Crippen LogP contribution in [0.2, 0.25) is 0 Å². The van der Waals surface area contributed by atoms with Gasteiger partial charge in [-0.25, -0.2) is 4.98 Å². The third kappa shape index (κ3) is 2.56. The number of hydrogen-bond acceptors (Lipinski definition) is 7. The van der Waals surface area contributed by atoms with Gasteiger partial charge < -0.3 is 15.4 Å². The number of fused-ring (bicyclic) bond motifs is 1. The molecule has 1 aromatic heterocycles. The van der Waals surface area contributed by atoms with Crippen LogP contribution in [0, 0.1) is 27.2 Å². The summed E-state index contributed by atoms with van der Waals surface area (Å²) in [7, 11) is 0. The monoisotopic (exact) mass is 329 g/mol. The van der Waals surface area contributed by atoms with Crippen LogP contribution in [-0.2, 0) is 0 Å². The van der Waals surface area contributed by atoms with E-state index >= 15 is 0 Å². The van der Waals surface area contributed by atoms with Crippen LogP contribution >= 0.6 is 0 Å². The number of benzene rings is 2. The van der Waals surface area contributed by atoms with Crippen molar-refractivity contribution >= 4 is 33.8 Å². The Labute approximate surface area is 134 Å². The Bertz CT molecular complexity index is 964. The van der Waals surface area contributed by atoms with Gasteiger partial charge in [0.25, 0.3) is 0 Å². The van der Waals surface area contributed by atoms with Crippen molar-refractivity contribution in [3.8, 4) is 5.75 Å². The number of phenols is 1. The number of imidazole rings is 1. The number of aryl methyl sites for hydroxylation is 1. The molecular weight excluding hydrogens is 318 g/mol. The molecule has 3 rings (SSSR count). The first kappa shape index (κ1) is 15.2. The van der Waals surface area contributed by atoms with Crippen molar-refractivity contribution in [2.75, 3.05) is 5.32 Å². The molecule has 0 atom stereocenters. The Morgan fingerprint density at radius 3 is 2.42 bits per heavy atom. The average molecular weight is 329 g/mol. The fraction of sp³-hybridized carbons (Fsp3) is 0.0714. The predicted octanol–water partition coefficient (Wildman–Crippen LogP) is 3.14. The Balaban J connectivity index is 2.28. The summed E-state index contributed by atoms with van der Waals surface area (Å²) in [6.45, 7) is 1.60. The molecule has 0 aliphatic rings. The Hall–Kier alpha value is -3.69. The number of aromatic hydroxyl groups is 1. The van der Waals surface area contributed by atoms with Gasteiger partial charge in [-0.05, 0) is 31.2 Å². The van der Waals surface area contributed by atoms with Crippen LogP contribution in [0.4, 0.5) is 22.7 Å². The zero-order valence-electron chi connectivity index (χ0n) is 12.3. The maximum atomic E-state index is 11.5. The maximum Gasteiger partial charge on any atom is 0.327 e. The van der Waals surface area contributed by atoms with Crippen LogP contribution in [0.25, 0.3) is 11.0 Å². The number of rotatable bonds is 4. The van der Waals surface area contributed by atoms with Gasteiger partial charge in [-0.3, -0.25) is 20.2 Å². The first-order valence-corrected chi connectivity index (χ1v) is 6.75. The van der Waals surface area contributed by atoms with Gasteiger partial charge >= 0.3 is 11.4 Å². The highest BCUT2D eigenvalue weighted by atomic mass is 16.6. The molecule has 0 saturated heterocycles. The molecule has 10 heteroatoms. The molecule has 0 saturated carbocycles. The van der Waals surface area contributed by atoms with Crippen LogP contribution in [0.15, 0.2) is 30.3 Å². The van der Waals surface area contributed by atoms with Gasteiger partial charge in [0, 0.05) is 11.8 Å². The second-order valence-electron chi connectivity index (χ2n) is 5.02. The van der Waals surface area contributed by atoms with Crippen LogP contribution in [0.3, 0.4) is 0 Å². The van der Waals surface area contributed by atoms with Gasteiger partial charge in [0.2, 0.25) is 0 Å². The predicted molar refractivity (Wildman–Crippen MR) is 85.5 cm³/mol. The zero-order chi connectivity index (χ0) is 17.4. The van der Waals surface area contributed by atoms with E-state index in [0.717, 1.165) is 0 Å². The minimum Gasteiger partial charge on any atom is -0.508 e.